The van der Waals surface area contributed by atoms with Gasteiger partial charge in [-0.2, -0.15) is 0 Å². The largest absolute Gasteiger partial charge is 0.467 e. The molecule has 0 radical (unpaired) electrons. The summed E-state index contributed by atoms with van der Waals surface area (Å²) in [5.74, 6) is 0.876. The minimum Gasteiger partial charge on any atom is -0.467 e. The Kier molecular flexibility index (Phi) is 12.5. The number of hydrogen-bond donors (Lipinski definition) is 1. The van der Waals surface area contributed by atoms with Crippen LogP contribution in [0.25, 0.3) is 0 Å². The van der Waals surface area contributed by atoms with E-state index < -0.39 is 12.0 Å². The Morgan fingerprint density at radius 1 is 1.37 bits per heavy atom. The first-order valence-corrected chi connectivity index (χ1v) is 10.7. The summed E-state index contributed by atoms with van der Waals surface area (Å²) in [4.78, 5) is 25.4. The number of hydrogen-bond acceptors (Lipinski definition) is 6. The number of nitrogens with one attached hydrogen (secondary N) is 1. The van der Waals surface area contributed by atoms with Gasteiger partial charge < -0.3 is 10.1 Å². The van der Waals surface area contributed by atoms with Gasteiger partial charge in [-0.05, 0) is 6.54 Å². The van der Waals surface area contributed by atoms with Crippen LogP contribution in [-0.4, -0.2) is 61.1 Å². The maximum atomic E-state index is 11.9. The van der Waals surface area contributed by atoms with Gasteiger partial charge in [0.1, 0.15) is 6.04 Å². The van der Waals surface area contributed by atoms with E-state index in [1.54, 1.807) is 11.4 Å². The molecule has 0 fully saturated rings. The number of rotatable bonds is 10. The van der Waals surface area contributed by atoms with E-state index in [-0.39, 0.29) is 5.91 Å². The monoisotopic (exact) mass is 344 g/mol. The normalized spacial score (nSPS) is 12.3. The SMILES string of the molecule is CCN(CCSP)CC(=O)NC(CSP)C(=O)OC. The highest BCUT2D eigenvalue weighted by atomic mass is 32.7. The number of nitrogens with zero attached hydrogens (tertiary/aromatic N) is 1. The van der Waals surface area contributed by atoms with Gasteiger partial charge >= 0.3 is 5.97 Å². The van der Waals surface area contributed by atoms with E-state index in [1.807, 2.05) is 11.8 Å². The van der Waals surface area contributed by atoms with Gasteiger partial charge in [-0.25, -0.2) is 4.79 Å². The van der Waals surface area contributed by atoms with E-state index >= 15 is 0 Å². The van der Waals surface area contributed by atoms with Gasteiger partial charge in [0.05, 0.1) is 13.7 Å². The van der Waals surface area contributed by atoms with Gasteiger partial charge in [0.25, 0.3) is 0 Å². The Morgan fingerprint density at radius 3 is 2.53 bits per heavy atom. The third-order valence-corrected chi connectivity index (χ3v) is 4.65. The Balaban J connectivity index is 4.26. The molecule has 112 valence electrons. The van der Waals surface area contributed by atoms with E-state index in [1.165, 1.54) is 18.5 Å². The third kappa shape index (κ3) is 9.09. The van der Waals surface area contributed by atoms with Crippen LogP contribution in [0.2, 0.25) is 0 Å². The molecule has 0 aliphatic carbocycles. The molecule has 0 rings (SSSR count). The lowest BCUT2D eigenvalue weighted by atomic mass is 10.3. The summed E-state index contributed by atoms with van der Waals surface area (Å²) in [6.07, 6.45) is 0. The van der Waals surface area contributed by atoms with Crippen molar-refractivity contribution in [1.82, 2.24) is 10.2 Å². The van der Waals surface area contributed by atoms with Gasteiger partial charge in [0.2, 0.25) is 5.91 Å². The maximum Gasteiger partial charge on any atom is 0.329 e. The average molecular weight is 344 g/mol. The molecule has 9 heteroatoms. The van der Waals surface area contributed by atoms with Crippen LogP contribution in [-0.2, 0) is 14.3 Å². The summed E-state index contributed by atoms with van der Waals surface area (Å²) in [6.45, 7) is 3.97. The fourth-order valence-corrected chi connectivity index (χ4v) is 3.05. The van der Waals surface area contributed by atoms with Crippen molar-refractivity contribution in [1.29, 1.82) is 0 Å². The predicted molar refractivity (Wildman–Crippen MR) is 90.4 cm³/mol. The fraction of sp³-hybridized carbons (Fsp3) is 0.800. The molecule has 0 saturated heterocycles. The van der Waals surface area contributed by atoms with Crippen LogP contribution >= 0.6 is 39.6 Å². The number of ether oxygens (including phenoxy) is 1. The van der Waals surface area contributed by atoms with Gasteiger partial charge in [-0.15, -0.1) is 22.8 Å². The number of carbonyl (C=O) groups is 2. The topological polar surface area (TPSA) is 58.6 Å². The summed E-state index contributed by atoms with van der Waals surface area (Å²) < 4.78 is 4.67. The quantitative estimate of drug-likeness (QED) is 0.472. The molecule has 19 heavy (non-hydrogen) atoms. The Hall–Kier alpha value is 0.460. The second-order valence-corrected chi connectivity index (χ2v) is 7.12. The van der Waals surface area contributed by atoms with Crippen molar-refractivity contribution >= 4 is 51.5 Å². The van der Waals surface area contributed by atoms with Gasteiger partial charge in [-0.3, -0.25) is 9.69 Å². The van der Waals surface area contributed by atoms with Gasteiger partial charge in [0, 0.05) is 18.1 Å². The highest BCUT2D eigenvalue weighted by Crippen LogP contribution is 2.12. The maximum absolute atomic E-state index is 11.9. The summed E-state index contributed by atoms with van der Waals surface area (Å²) in [7, 11) is 6.38. The Bertz CT molecular complexity index is 286. The van der Waals surface area contributed by atoms with Crippen molar-refractivity contribution in [2.45, 2.75) is 13.0 Å². The molecule has 1 N–H and O–H groups in total. The molecule has 0 heterocycles. The summed E-state index contributed by atoms with van der Waals surface area (Å²) in [5.41, 5.74) is 0. The molecular formula is C10H22N2O3P2S2. The standard InChI is InChI=1S/C10H22N2O3P2S2/c1-3-12(4-5-18-16)6-9(13)11-8(7-19-17)10(14)15-2/h8H,3-7,16-17H2,1-2H3,(H,11,13). The average Bonchev–Trinajstić information content (AvgIpc) is 2.41. The predicted octanol–water partition coefficient (Wildman–Crippen LogP) is 1.01. The molecule has 3 unspecified atom stereocenters. The minimum absolute atomic E-state index is 0.148. The summed E-state index contributed by atoms with van der Waals surface area (Å²) in [6, 6.07) is -0.588. The van der Waals surface area contributed by atoms with Gasteiger partial charge in [-0.1, -0.05) is 23.8 Å². The second kappa shape index (κ2) is 12.2. The number of likely N-dealkylation sites (N-methyl/N-ethyl adjacent to an activating group) is 1. The first-order valence-electron chi connectivity index (χ1n) is 5.81. The second-order valence-electron chi connectivity index (χ2n) is 3.72. The van der Waals surface area contributed by atoms with Crippen LogP contribution in [0.1, 0.15) is 6.92 Å². The number of esters is 1. The zero-order valence-corrected chi connectivity index (χ0v) is 15.2. The molecule has 0 aromatic rings. The lowest BCUT2D eigenvalue weighted by Crippen LogP contribution is -2.47. The molecule has 5 nitrogen and oxygen atoms in total. The number of amides is 1. The van der Waals surface area contributed by atoms with Crippen LogP contribution in [0.3, 0.4) is 0 Å². The molecule has 3 atom stereocenters. The summed E-state index contributed by atoms with van der Waals surface area (Å²) in [5, 5.41) is 2.71. The molecule has 1 amide bonds. The van der Waals surface area contributed by atoms with Crippen LogP contribution in [0, 0.1) is 0 Å². The molecule has 0 aliphatic rings. The van der Waals surface area contributed by atoms with Crippen LogP contribution in [0.5, 0.6) is 0 Å². The molecule has 0 bridgehead atoms. The molecule has 0 spiro atoms. The lowest BCUT2D eigenvalue weighted by molar-refractivity contribution is -0.144. The first-order chi connectivity index (χ1) is 9.08. The number of methoxy groups -OCH3 is 1. The van der Waals surface area contributed by atoms with E-state index in [9.17, 15) is 9.59 Å². The smallest absolute Gasteiger partial charge is 0.329 e. The van der Waals surface area contributed by atoms with Crippen molar-refractivity contribution in [2.24, 2.45) is 0 Å². The highest BCUT2D eigenvalue weighted by Gasteiger charge is 2.21. The first kappa shape index (κ1) is 19.5. The summed E-state index contributed by atoms with van der Waals surface area (Å²) >= 11 is 3.08. The van der Waals surface area contributed by atoms with E-state index in [2.05, 4.69) is 26.9 Å². The van der Waals surface area contributed by atoms with Crippen LogP contribution < -0.4 is 5.32 Å². The fourth-order valence-electron chi connectivity index (χ4n) is 1.38. The van der Waals surface area contributed by atoms with Crippen molar-refractivity contribution in [3.05, 3.63) is 0 Å². The van der Waals surface area contributed by atoms with Gasteiger partial charge in [0.15, 0.2) is 0 Å². The number of carbonyl (C=O) groups excluding carboxylic acids is 2. The molecule has 0 aromatic carbocycles. The highest BCUT2D eigenvalue weighted by molar-refractivity contribution is 8.44. The van der Waals surface area contributed by atoms with E-state index in [0.717, 1.165) is 18.8 Å². The van der Waals surface area contributed by atoms with E-state index in [4.69, 9.17) is 0 Å². The Morgan fingerprint density at radius 2 is 2.05 bits per heavy atom. The zero-order valence-electron chi connectivity index (χ0n) is 11.3. The molecule has 0 aromatic heterocycles. The molecule has 0 aliphatic heterocycles. The van der Waals surface area contributed by atoms with Crippen molar-refractivity contribution in [3.8, 4) is 0 Å². The Labute approximate surface area is 127 Å². The third-order valence-electron chi connectivity index (χ3n) is 2.42. The lowest BCUT2D eigenvalue weighted by Gasteiger charge is -2.21. The van der Waals surface area contributed by atoms with Crippen LogP contribution in [0.15, 0.2) is 0 Å². The van der Waals surface area contributed by atoms with Crippen LogP contribution in [0.4, 0.5) is 0 Å². The molecular weight excluding hydrogens is 322 g/mol. The van der Waals surface area contributed by atoms with Crippen molar-refractivity contribution < 1.29 is 14.3 Å². The van der Waals surface area contributed by atoms with Crippen molar-refractivity contribution in [3.63, 3.8) is 0 Å². The van der Waals surface area contributed by atoms with E-state index in [0.29, 0.717) is 12.3 Å². The minimum atomic E-state index is -0.588. The zero-order chi connectivity index (χ0) is 14.7. The van der Waals surface area contributed by atoms with Crippen molar-refractivity contribution in [2.75, 3.05) is 38.2 Å². The molecule has 0 saturated carbocycles.